The van der Waals surface area contributed by atoms with Crippen LogP contribution in [0.3, 0.4) is 0 Å². The number of rotatable bonds is 3. The Bertz CT molecular complexity index is 435. The Balaban J connectivity index is 1.48. The first-order chi connectivity index (χ1) is 10.1. The first-order valence-corrected chi connectivity index (χ1v) is 8.50. The lowest BCUT2D eigenvalue weighted by atomic mass is 9.68. The van der Waals surface area contributed by atoms with Gasteiger partial charge in [0, 0.05) is 32.2 Å². The second-order valence-electron chi connectivity index (χ2n) is 7.48. The molecule has 0 aromatic heterocycles. The lowest BCUT2D eigenvalue weighted by Gasteiger charge is -2.48. The fraction of sp³-hybridized carbons (Fsp3) is 0.882. The second kappa shape index (κ2) is 5.61. The van der Waals surface area contributed by atoms with E-state index in [9.17, 15) is 10.1 Å². The quantitative estimate of drug-likeness (QED) is 0.800. The molecule has 0 radical (unpaired) electrons. The zero-order valence-electron chi connectivity index (χ0n) is 13.3. The van der Waals surface area contributed by atoms with E-state index in [2.05, 4.69) is 24.8 Å². The number of carbonyl (C=O) groups excluding carboxylic acids is 1. The molecule has 21 heavy (non-hydrogen) atoms. The molecule has 2 aliphatic heterocycles. The Kier molecular flexibility index (Phi) is 3.96. The summed E-state index contributed by atoms with van der Waals surface area (Å²) in [7, 11) is 0. The van der Waals surface area contributed by atoms with E-state index in [1.807, 2.05) is 4.90 Å². The molecule has 116 valence electrons. The molecule has 4 nitrogen and oxygen atoms in total. The summed E-state index contributed by atoms with van der Waals surface area (Å²) < 4.78 is 0. The largest absolute Gasteiger partial charge is 0.341 e. The Hall–Kier alpha value is -1.08. The summed E-state index contributed by atoms with van der Waals surface area (Å²) in [6.07, 6.45) is 4.83. The summed E-state index contributed by atoms with van der Waals surface area (Å²) >= 11 is 0. The van der Waals surface area contributed by atoms with Gasteiger partial charge in [-0.2, -0.15) is 5.26 Å². The van der Waals surface area contributed by atoms with Crippen LogP contribution < -0.4 is 0 Å². The Morgan fingerprint density at radius 2 is 1.81 bits per heavy atom. The molecule has 0 unspecified atom stereocenters. The lowest BCUT2D eigenvalue weighted by Crippen LogP contribution is -2.55. The van der Waals surface area contributed by atoms with Crippen LogP contribution in [0.1, 0.15) is 46.0 Å². The zero-order chi connectivity index (χ0) is 15.0. The van der Waals surface area contributed by atoms with E-state index in [0.29, 0.717) is 6.04 Å². The minimum Gasteiger partial charge on any atom is -0.341 e. The molecule has 4 heteroatoms. The van der Waals surface area contributed by atoms with Gasteiger partial charge in [0.15, 0.2) is 0 Å². The maximum atomic E-state index is 12.5. The van der Waals surface area contributed by atoms with Gasteiger partial charge in [0.25, 0.3) is 0 Å². The highest BCUT2D eigenvalue weighted by molar-refractivity contribution is 5.86. The van der Waals surface area contributed by atoms with Crippen molar-refractivity contribution < 1.29 is 4.79 Å². The Morgan fingerprint density at radius 3 is 2.24 bits per heavy atom. The molecule has 0 spiro atoms. The molecule has 0 N–H and O–H groups in total. The molecule has 3 fully saturated rings. The van der Waals surface area contributed by atoms with E-state index in [4.69, 9.17) is 0 Å². The molecule has 3 rings (SSSR count). The van der Waals surface area contributed by atoms with Crippen molar-refractivity contribution in [3.8, 4) is 6.07 Å². The predicted octanol–water partition coefficient (Wildman–Crippen LogP) is 2.26. The molecule has 3 aliphatic rings. The summed E-state index contributed by atoms with van der Waals surface area (Å²) in [5, 5.41) is 9.30. The first kappa shape index (κ1) is 14.8. The summed E-state index contributed by atoms with van der Waals surface area (Å²) in [5.41, 5.74) is -0.655. The second-order valence-corrected chi connectivity index (χ2v) is 7.48. The van der Waals surface area contributed by atoms with Crippen LogP contribution in [0.15, 0.2) is 0 Å². The number of carbonyl (C=O) groups is 1. The highest BCUT2D eigenvalue weighted by Gasteiger charge is 2.47. The average Bonchev–Trinajstić information content (AvgIpc) is 2.36. The van der Waals surface area contributed by atoms with Crippen LogP contribution in [0.25, 0.3) is 0 Å². The average molecular weight is 289 g/mol. The van der Waals surface area contributed by atoms with E-state index in [-0.39, 0.29) is 5.91 Å². The third-order valence-electron chi connectivity index (χ3n) is 5.99. The molecular weight excluding hydrogens is 262 g/mol. The lowest BCUT2D eigenvalue weighted by molar-refractivity contribution is -0.145. The van der Waals surface area contributed by atoms with Crippen LogP contribution in [0.4, 0.5) is 0 Å². The third kappa shape index (κ3) is 2.57. The summed E-state index contributed by atoms with van der Waals surface area (Å²) in [6.45, 7) is 8.72. The maximum absolute atomic E-state index is 12.5. The number of amides is 1. The summed E-state index contributed by atoms with van der Waals surface area (Å²) in [6, 6.07) is 2.95. The molecule has 0 atom stereocenters. The van der Waals surface area contributed by atoms with Gasteiger partial charge in [-0.15, -0.1) is 0 Å². The first-order valence-electron chi connectivity index (χ1n) is 8.50. The number of hydrogen-bond donors (Lipinski definition) is 0. The molecule has 0 aromatic rings. The smallest absolute Gasteiger partial charge is 0.243 e. The number of likely N-dealkylation sites (tertiary alicyclic amines) is 2. The van der Waals surface area contributed by atoms with Gasteiger partial charge >= 0.3 is 0 Å². The van der Waals surface area contributed by atoms with Crippen molar-refractivity contribution in [3.05, 3.63) is 0 Å². The van der Waals surface area contributed by atoms with Crippen LogP contribution in [0.5, 0.6) is 0 Å². The minimum absolute atomic E-state index is 0.118. The minimum atomic E-state index is -0.655. The molecule has 1 aliphatic carbocycles. The molecule has 2 heterocycles. The van der Waals surface area contributed by atoms with Gasteiger partial charge in [0.2, 0.25) is 5.91 Å². The third-order valence-corrected chi connectivity index (χ3v) is 5.99. The van der Waals surface area contributed by atoms with Crippen molar-refractivity contribution in [2.75, 3.05) is 26.2 Å². The normalized spacial score (nSPS) is 27.0. The fourth-order valence-corrected chi connectivity index (χ4v) is 4.05. The van der Waals surface area contributed by atoms with Crippen molar-refractivity contribution in [2.24, 2.45) is 17.3 Å². The van der Waals surface area contributed by atoms with Gasteiger partial charge in [-0.25, -0.2) is 0 Å². The number of nitriles is 1. The SMILES string of the molecule is CC(C)N1CC(C2CCN(C(=O)C3(C#N)CCC3)CC2)C1. The van der Waals surface area contributed by atoms with Crippen LogP contribution in [0.2, 0.25) is 0 Å². The predicted molar refractivity (Wildman–Crippen MR) is 81.4 cm³/mol. The number of nitrogens with zero attached hydrogens (tertiary/aromatic N) is 3. The van der Waals surface area contributed by atoms with E-state index in [1.165, 1.54) is 13.1 Å². The van der Waals surface area contributed by atoms with E-state index >= 15 is 0 Å². The van der Waals surface area contributed by atoms with E-state index < -0.39 is 5.41 Å². The van der Waals surface area contributed by atoms with Gasteiger partial charge in [0.05, 0.1) is 6.07 Å². The van der Waals surface area contributed by atoms with Crippen molar-refractivity contribution in [1.29, 1.82) is 5.26 Å². The van der Waals surface area contributed by atoms with Gasteiger partial charge in [0.1, 0.15) is 5.41 Å². The van der Waals surface area contributed by atoms with Crippen molar-refractivity contribution >= 4 is 5.91 Å². The van der Waals surface area contributed by atoms with E-state index in [1.54, 1.807) is 0 Å². The maximum Gasteiger partial charge on any atom is 0.243 e. The molecule has 1 amide bonds. The topological polar surface area (TPSA) is 47.3 Å². The highest BCUT2D eigenvalue weighted by Crippen LogP contribution is 2.43. The van der Waals surface area contributed by atoms with Crippen LogP contribution in [-0.2, 0) is 4.79 Å². The highest BCUT2D eigenvalue weighted by atomic mass is 16.2. The monoisotopic (exact) mass is 289 g/mol. The van der Waals surface area contributed by atoms with Gasteiger partial charge in [-0.1, -0.05) is 0 Å². The standard InChI is InChI=1S/C17H27N3O/c1-13(2)20-10-15(11-20)14-4-8-19(9-5-14)16(21)17(12-18)6-3-7-17/h13-15H,3-11H2,1-2H3. The van der Waals surface area contributed by atoms with E-state index in [0.717, 1.165) is 57.0 Å². The van der Waals surface area contributed by atoms with Crippen LogP contribution in [0, 0.1) is 28.6 Å². The summed E-state index contributed by atoms with van der Waals surface area (Å²) in [5.74, 6) is 1.73. The van der Waals surface area contributed by atoms with Gasteiger partial charge < -0.3 is 9.80 Å². The molecule has 0 bridgehead atoms. The molecule has 2 saturated heterocycles. The number of hydrogen-bond acceptors (Lipinski definition) is 3. The van der Waals surface area contributed by atoms with Crippen molar-refractivity contribution in [1.82, 2.24) is 9.80 Å². The van der Waals surface area contributed by atoms with Gasteiger partial charge in [-0.05, 0) is 57.8 Å². The fourth-order valence-electron chi connectivity index (χ4n) is 4.05. The van der Waals surface area contributed by atoms with Crippen molar-refractivity contribution in [3.63, 3.8) is 0 Å². The Labute approximate surface area is 128 Å². The molecule has 1 saturated carbocycles. The van der Waals surface area contributed by atoms with Crippen LogP contribution in [-0.4, -0.2) is 47.9 Å². The number of piperidine rings is 1. The van der Waals surface area contributed by atoms with Crippen LogP contribution >= 0.6 is 0 Å². The Morgan fingerprint density at radius 1 is 1.19 bits per heavy atom. The summed E-state index contributed by atoms with van der Waals surface area (Å²) in [4.78, 5) is 17.0. The molecule has 0 aromatic carbocycles. The molecular formula is C17H27N3O. The van der Waals surface area contributed by atoms with Crippen molar-refractivity contribution in [2.45, 2.75) is 52.0 Å². The van der Waals surface area contributed by atoms with Gasteiger partial charge in [-0.3, -0.25) is 4.79 Å². The zero-order valence-corrected chi connectivity index (χ0v) is 13.3.